The van der Waals surface area contributed by atoms with E-state index < -0.39 is 5.69 Å². The van der Waals surface area contributed by atoms with Crippen molar-refractivity contribution in [2.24, 2.45) is 0 Å². The fourth-order valence-electron chi connectivity index (χ4n) is 1.37. The SMILES string of the molecule is CNNc1ncn(-c2ncccc2OC)c(=O)n1. The van der Waals surface area contributed by atoms with Crippen molar-refractivity contribution in [3.63, 3.8) is 0 Å². The van der Waals surface area contributed by atoms with E-state index in [0.717, 1.165) is 0 Å². The van der Waals surface area contributed by atoms with Crippen molar-refractivity contribution in [3.05, 3.63) is 35.1 Å². The molecule has 2 rings (SSSR count). The van der Waals surface area contributed by atoms with Gasteiger partial charge in [0.2, 0.25) is 5.95 Å². The zero-order chi connectivity index (χ0) is 13.0. The number of hydrogen-bond donors (Lipinski definition) is 2. The quantitative estimate of drug-likeness (QED) is 0.709. The zero-order valence-corrected chi connectivity index (χ0v) is 9.91. The van der Waals surface area contributed by atoms with Gasteiger partial charge in [-0.1, -0.05) is 0 Å². The van der Waals surface area contributed by atoms with E-state index in [1.54, 1.807) is 25.4 Å². The normalized spacial score (nSPS) is 10.1. The average molecular weight is 248 g/mol. The van der Waals surface area contributed by atoms with Crippen LogP contribution in [0, 0.1) is 0 Å². The van der Waals surface area contributed by atoms with Gasteiger partial charge in [-0.15, -0.1) is 0 Å². The Labute approximate surface area is 103 Å². The molecule has 18 heavy (non-hydrogen) atoms. The minimum atomic E-state index is -0.500. The fraction of sp³-hybridized carbons (Fsp3) is 0.200. The predicted molar refractivity (Wildman–Crippen MR) is 64.7 cm³/mol. The second-order valence-electron chi connectivity index (χ2n) is 3.24. The molecule has 8 nitrogen and oxygen atoms in total. The van der Waals surface area contributed by atoms with E-state index in [1.165, 1.54) is 18.0 Å². The van der Waals surface area contributed by atoms with Gasteiger partial charge in [0.05, 0.1) is 7.11 Å². The monoisotopic (exact) mass is 248 g/mol. The first-order valence-electron chi connectivity index (χ1n) is 5.14. The maximum Gasteiger partial charge on any atom is 0.358 e. The molecule has 0 atom stereocenters. The van der Waals surface area contributed by atoms with Gasteiger partial charge in [-0.3, -0.25) is 5.43 Å². The number of nitrogens with zero attached hydrogens (tertiary/aromatic N) is 4. The Morgan fingerprint density at radius 3 is 2.89 bits per heavy atom. The van der Waals surface area contributed by atoms with E-state index in [-0.39, 0.29) is 5.95 Å². The van der Waals surface area contributed by atoms with Gasteiger partial charge in [-0.25, -0.2) is 24.8 Å². The molecule has 0 aliphatic rings. The van der Waals surface area contributed by atoms with Gasteiger partial charge in [0.25, 0.3) is 0 Å². The van der Waals surface area contributed by atoms with E-state index in [4.69, 9.17) is 4.74 Å². The fourth-order valence-corrected chi connectivity index (χ4v) is 1.37. The van der Waals surface area contributed by atoms with E-state index in [0.29, 0.717) is 11.6 Å². The zero-order valence-electron chi connectivity index (χ0n) is 9.91. The van der Waals surface area contributed by atoms with Crippen LogP contribution in [-0.2, 0) is 0 Å². The van der Waals surface area contributed by atoms with E-state index in [2.05, 4.69) is 25.8 Å². The van der Waals surface area contributed by atoms with Crippen LogP contribution in [0.3, 0.4) is 0 Å². The molecule has 2 heterocycles. The topological polar surface area (TPSA) is 94.0 Å². The largest absolute Gasteiger partial charge is 0.493 e. The predicted octanol–water partition coefficient (Wildman–Crippen LogP) is -0.423. The van der Waals surface area contributed by atoms with Crippen LogP contribution in [0.5, 0.6) is 5.75 Å². The van der Waals surface area contributed by atoms with Crippen molar-refractivity contribution in [1.29, 1.82) is 0 Å². The summed E-state index contributed by atoms with van der Waals surface area (Å²) >= 11 is 0. The maximum atomic E-state index is 11.8. The Bertz CT molecular complexity index is 597. The highest BCUT2D eigenvalue weighted by molar-refractivity contribution is 5.39. The number of hydrazine groups is 1. The smallest absolute Gasteiger partial charge is 0.358 e. The molecule has 0 aliphatic carbocycles. The van der Waals surface area contributed by atoms with Gasteiger partial charge in [-0.2, -0.15) is 4.98 Å². The summed E-state index contributed by atoms with van der Waals surface area (Å²) in [4.78, 5) is 23.6. The standard InChI is InChI=1S/C10H12N6O2/c1-11-15-9-13-6-16(10(17)14-9)8-7(18-2)4-3-5-12-8/h3-6,11H,1-2H3,(H,14,15,17). The summed E-state index contributed by atoms with van der Waals surface area (Å²) in [6.45, 7) is 0. The molecule has 0 radical (unpaired) electrons. The molecule has 2 N–H and O–H groups in total. The number of hydrogen-bond acceptors (Lipinski definition) is 7. The highest BCUT2D eigenvalue weighted by Gasteiger charge is 2.09. The number of aromatic nitrogens is 4. The molecule has 2 aromatic heterocycles. The van der Waals surface area contributed by atoms with Crippen molar-refractivity contribution in [2.75, 3.05) is 19.6 Å². The lowest BCUT2D eigenvalue weighted by Crippen LogP contribution is -2.27. The molecule has 0 saturated heterocycles. The van der Waals surface area contributed by atoms with Crippen molar-refractivity contribution in [1.82, 2.24) is 24.9 Å². The Morgan fingerprint density at radius 1 is 1.39 bits per heavy atom. The first-order valence-corrected chi connectivity index (χ1v) is 5.14. The Hall–Kier alpha value is -2.48. The van der Waals surface area contributed by atoms with E-state index in [9.17, 15) is 4.79 Å². The second kappa shape index (κ2) is 5.23. The van der Waals surface area contributed by atoms with Crippen LogP contribution < -0.4 is 21.3 Å². The first-order chi connectivity index (χ1) is 8.76. The van der Waals surface area contributed by atoms with Crippen LogP contribution in [-0.4, -0.2) is 33.7 Å². The number of pyridine rings is 1. The van der Waals surface area contributed by atoms with Gasteiger partial charge in [0.1, 0.15) is 6.33 Å². The van der Waals surface area contributed by atoms with Crippen LogP contribution in [0.25, 0.3) is 5.82 Å². The summed E-state index contributed by atoms with van der Waals surface area (Å²) in [7, 11) is 3.15. The molecular formula is C10H12N6O2. The molecule has 0 aromatic carbocycles. The molecule has 0 unspecified atom stereocenters. The third-order valence-corrected chi connectivity index (χ3v) is 2.14. The maximum absolute atomic E-state index is 11.8. The molecule has 0 fully saturated rings. The van der Waals surface area contributed by atoms with Gasteiger partial charge < -0.3 is 4.74 Å². The number of anilines is 1. The van der Waals surface area contributed by atoms with E-state index in [1.807, 2.05) is 0 Å². The van der Waals surface area contributed by atoms with Crippen molar-refractivity contribution in [3.8, 4) is 11.6 Å². The van der Waals surface area contributed by atoms with Gasteiger partial charge in [0.15, 0.2) is 11.6 Å². The highest BCUT2D eigenvalue weighted by atomic mass is 16.5. The lowest BCUT2D eigenvalue weighted by molar-refractivity contribution is 0.410. The lowest BCUT2D eigenvalue weighted by atomic mass is 10.4. The molecule has 0 spiro atoms. The van der Waals surface area contributed by atoms with Crippen molar-refractivity contribution in [2.45, 2.75) is 0 Å². The lowest BCUT2D eigenvalue weighted by Gasteiger charge is -2.08. The Kier molecular flexibility index (Phi) is 3.49. The molecule has 8 heteroatoms. The van der Waals surface area contributed by atoms with Gasteiger partial charge in [-0.05, 0) is 12.1 Å². The van der Waals surface area contributed by atoms with Crippen LogP contribution in [0.2, 0.25) is 0 Å². The van der Waals surface area contributed by atoms with Crippen molar-refractivity contribution < 1.29 is 4.74 Å². The third-order valence-electron chi connectivity index (χ3n) is 2.14. The number of nitrogens with one attached hydrogen (secondary N) is 2. The summed E-state index contributed by atoms with van der Waals surface area (Å²) < 4.78 is 6.33. The highest BCUT2D eigenvalue weighted by Crippen LogP contribution is 2.16. The Balaban J connectivity index is 2.48. The van der Waals surface area contributed by atoms with Crippen LogP contribution in [0.1, 0.15) is 0 Å². The second-order valence-corrected chi connectivity index (χ2v) is 3.24. The van der Waals surface area contributed by atoms with Crippen LogP contribution in [0.15, 0.2) is 29.5 Å². The summed E-state index contributed by atoms with van der Waals surface area (Å²) in [5.41, 5.74) is 4.75. The summed E-state index contributed by atoms with van der Waals surface area (Å²) in [6.07, 6.45) is 2.89. The average Bonchev–Trinajstić information content (AvgIpc) is 2.39. The number of ether oxygens (including phenoxy) is 1. The van der Waals surface area contributed by atoms with Crippen LogP contribution in [0.4, 0.5) is 5.95 Å². The molecular weight excluding hydrogens is 236 g/mol. The first kappa shape index (κ1) is 12.0. The minimum Gasteiger partial charge on any atom is -0.493 e. The molecule has 0 aliphatic heterocycles. The summed E-state index contributed by atoms with van der Waals surface area (Å²) in [6, 6.07) is 3.42. The molecule has 0 bridgehead atoms. The van der Waals surface area contributed by atoms with Crippen LogP contribution >= 0.6 is 0 Å². The van der Waals surface area contributed by atoms with E-state index >= 15 is 0 Å². The minimum absolute atomic E-state index is 0.189. The number of methoxy groups -OCH3 is 1. The molecule has 94 valence electrons. The van der Waals surface area contributed by atoms with Gasteiger partial charge in [0, 0.05) is 13.2 Å². The molecule has 0 amide bonds. The third kappa shape index (κ3) is 2.28. The van der Waals surface area contributed by atoms with Crippen molar-refractivity contribution >= 4 is 5.95 Å². The molecule has 0 saturated carbocycles. The molecule has 2 aromatic rings. The summed E-state index contributed by atoms with van der Waals surface area (Å²) in [5, 5.41) is 0. The van der Waals surface area contributed by atoms with Gasteiger partial charge >= 0.3 is 5.69 Å². The Morgan fingerprint density at radius 2 is 2.22 bits per heavy atom. The summed E-state index contributed by atoms with van der Waals surface area (Å²) in [5.74, 6) is 1.01. The number of rotatable bonds is 4.